The highest BCUT2D eigenvalue weighted by Gasteiger charge is 2.15. The average Bonchev–Trinajstić information content (AvgIpc) is 2.96. The van der Waals surface area contributed by atoms with Gasteiger partial charge in [0.05, 0.1) is 18.9 Å². The van der Waals surface area contributed by atoms with E-state index in [1.165, 1.54) is 11.3 Å². The molecule has 1 aliphatic rings. The van der Waals surface area contributed by atoms with Gasteiger partial charge in [-0.25, -0.2) is 0 Å². The van der Waals surface area contributed by atoms with Crippen molar-refractivity contribution in [2.24, 2.45) is 7.05 Å². The normalized spacial score (nSPS) is 13.2. The number of aromatic nitrogens is 2. The molecule has 0 atom stereocenters. The molecule has 2 aromatic carbocycles. The minimum atomic E-state index is 0.683. The lowest BCUT2D eigenvalue weighted by Gasteiger charge is -2.19. The van der Waals surface area contributed by atoms with E-state index >= 15 is 0 Å². The third-order valence-electron chi connectivity index (χ3n) is 5.06. The number of nitrogens with zero attached hydrogens (tertiary/aromatic N) is 3. The van der Waals surface area contributed by atoms with Gasteiger partial charge in [0.1, 0.15) is 0 Å². The van der Waals surface area contributed by atoms with E-state index in [1.807, 2.05) is 29.9 Å². The molecule has 0 bridgehead atoms. The molecule has 0 saturated heterocycles. The smallest absolute Gasteiger partial charge is 0.161 e. The Morgan fingerprint density at radius 3 is 2.69 bits per heavy atom. The molecule has 3 aromatic rings. The second-order valence-electron chi connectivity index (χ2n) is 7.32. The maximum Gasteiger partial charge on any atom is 0.161 e. The van der Waals surface area contributed by atoms with E-state index in [0.29, 0.717) is 13.2 Å². The molecule has 6 nitrogen and oxygen atoms in total. The van der Waals surface area contributed by atoms with Crippen LogP contribution in [0.2, 0.25) is 0 Å². The Hall–Kier alpha value is -2.99. The van der Waals surface area contributed by atoms with Gasteiger partial charge in [-0.3, -0.25) is 4.68 Å². The van der Waals surface area contributed by atoms with Crippen LogP contribution in [0.4, 0.5) is 5.69 Å². The fourth-order valence-electron chi connectivity index (χ4n) is 3.50. The molecule has 29 heavy (non-hydrogen) atoms. The summed E-state index contributed by atoms with van der Waals surface area (Å²) in [6.45, 7) is 3.97. The first kappa shape index (κ1) is 19.3. The minimum absolute atomic E-state index is 0.683. The van der Waals surface area contributed by atoms with E-state index in [4.69, 9.17) is 9.47 Å². The van der Waals surface area contributed by atoms with Gasteiger partial charge >= 0.3 is 0 Å². The van der Waals surface area contributed by atoms with Gasteiger partial charge in [-0.1, -0.05) is 18.2 Å². The summed E-state index contributed by atoms with van der Waals surface area (Å²) in [6.07, 6.45) is 2.98. The molecule has 0 saturated carbocycles. The van der Waals surface area contributed by atoms with Crippen LogP contribution in [-0.4, -0.2) is 43.1 Å². The number of benzene rings is 2. The lowest BCUT2D eigenvalue weighted by atomic mass is 10.1. The molecule has 4 rings (SSSR count). The third-order valence-corrected chi connectivity index (χ3v) is 5.06. The Balaban J connectivity index is 1.40. The van der Waals surface area contributed by atoms with Crippen LogP contribution in [0.15, 0.2) is 54.7 Å². The van der Waals surface area contributed by atoms with Crippen LogP contribution in [0, 0.1) is 0 Å². The predicted octanol–water partition coefficient (Wildman–Crippen LogP) is 3.47. The van der Waals surface area contributed by atoms with E-state index in [9.17, 15) is 0 Å². The molecule has 0 aliphatic carbocycles. The van der Waals surface area contributed by atoms with Crippen LogP contribution in [-0.2, 0) is 13.6 Å². The van der Waals surface area contributed by atoms with Crippen LogP contribution >= 0.6 is 0 Å². The summed E-state index contributed by atoms with van der Waals surface area (Å²) in [5, 5.41) is 8.23. The Morgan fingerprint density at radius 1 is 1.07 bits per heavy atom. The molecule has 0 amide bonds. The number of likely N-dealkylation sites (N-methyl/N-ethyl adjacent to an activating group) is 1. The number of rotatable bonds is 7. The van der Waals surface area contributed by atoms with Crippen LogP contribution in [0.1, 0.15) is 12.0 Å². The number of hydrogen-bond donors (Lipinski definition) is 1. The summed E-state index contributed by atoms with van der Waals surface area (Å²) >= 11 is 0. The molecule has 0 unspecified atom stereocenters. The Morgan fingerprint density at radius 2 is 1.86 bits per heavy atom. The van der Waals surface area contributed by atoms with Crippen molar-refractivity contribution in [1.29, 1.82) is 0 Å². The molecule has 0 fully saturated rings. The minimum Gasteiger partial charge on any atom is -0.490 e. The lowest BCUT2D eigenvalue weighted by Crippen LogP contribution is -2.28. The van der Waals surface area contributed by atoms with Gasteiger partial charge in [0.2, 0.25) is 0 Å². The summed E-state index contributed by atoms with van der Waals surface area (Å²) < 4.78 is 13.5. The SMILES string of the molecule is CN(CCNCc1cn(C)nc1-c1ccc2c(c1)OCCCO2)c1ccccc1. The summed E-state index contributed by atoms with van der Waals surface area (Å²) in [6, 6.07) is 16.5. The van der Waals surface area contributed by atoms with E-state index in [2.05, 4.69) is 58.9 Å². The van der Waals surface area contributed by atoms with Crippen LogP contribution < -0.4 is 19.7 Å². The Bertz CT molecular complexity index is 939. The number of anilines is 1. The molecule has 6 heteroatoms. The van der Waals surface area contributed by atoms with Crippen molar-refractivity contribution >= 4 is 5.69 Å². The van der Waals surface area contributed by atoms with Crippen LogP contribution in [0.25, 0.3) is 11.3 Å². The third kappa shape index (κ3) is 4.71. The number of aryl methyl sites for hydroxylation is 1. The van der Waals surface area contributed by atoms with Gasteiger partial charge in [-0.05, 0) is 30.3 Å². The fraction of sp³-hybridized carbons (Fsp3) is 0.348. The van der Waals surface area contributed by atoms with Gasteiger partial charge in [0.15, 0.2) is 11.5 Å². The quantitative estimate of drug-likeness (QED) is 0.624. The highest BCUT2D eigenvalue weighted by atomic mass is 16.5. The molecular formula is C23H28N4O2. The van der Waals surface area contributed by atoms with Crippen molar-refractivity contribution in [3.05, 3.63) is 60.3 Å². The van der Waals surface area contributed by atoms with Gasteiger partial charge in [-0.2, -0.15) is 5.10 Å². The lowest BCUT2D eigenvalue weighted by molar-refractivity contribution is 0.297. The second kappa shape index (κ2) is 9.01. The number of nitrogens with one attached hydrogen (secondary N) is 1. The summed E-state index contributed by atoms with van der Waals surface area (Å²) in [5.41, 5.74) is 4.42. The zero-order chi connectivity index (χ0) is 20.1. The van der Waals surface area contributed by atoms with Gasteiger partial charge in [0, 0.05) is 63.2 Å². The highest BCUT2D eigenvalue weighted by molar-refractivity contribution is 5.66. The van der Waals surface area contributed by atoms with Crippen molar-refractivity contribution in [3.8, 4) is 22.8 Å². The van der Waals surface area contributed by atoms with Crippen molar-refractivity contribution < 1.29 is 9.47 Å². The maximum atomic E-state index is 5.84. The van der Waals surface area contributed by atoms with Crippen molar-refractivity contribution in [1.82, 2.24) is 15.1 Å². The molecule has 1 aromatic heterocycles. The Kier molecular flexibility index (Phi) is 6.00. The first-order valence-electron chi connectivity index (χ1n) is 10.1. The molecule has 1 N–H and O–H groups in total. The number of fused-ring (bicyclic) bond motifs is 1. The zero-order valence-electron chi connectivity index (χ0n) is 17.1. The topological polar surface area (TPSA) is 51.6 Å². The van der Waals surface area contributed by atoms with Crippen LogP contribution in [0.5, 0.6) is 11.5 Å². The van der Waals surface area contributed by atoms with Gasteiger partial charge in [-0.15, -0.1) is 0 Å². The first-order chi connectivity index (χ1) is 14.2. The maximum absolute atomic E-state index is 5.84. The summed E-state index contributed by atoms with van der Waals surface area (Å²) in [7, 11) is 4.07. The van der Waals surface area contributed by atoms with Crippen molar-refractivity contribution in [3.63, 3.8) is 0 Å². The van der Waals surface area contributed by atoms with Crippen molar-refractivity contribution in [2.45, 2.75) is 13.0 Å². The average molecular weight is 393 g/mol. The highest BCUT2D eigenvalue weighted by Crippen LogP contribution is 2.34. The largest absolute Gasteiger partial charge is 0.490 e. The fourth-order valence-corrected chi connectivity index (χ4v) is 3.50. The summed E-state index contributed by atoms with van der Waals surface area (Å²) in [4.78, 5) is 2.25. The first-order valence-corrected chi connectivity index (χ1v) is 10.1. The molecule has 2 heterocycles. The number of hydrogen-bond acceptors (Lipinski definition) is 5. The van der Waals surface area contributed by atoms with E-state index in [0.717, 1.165) is 48.8 Å². The standard InChI is InChI=1S/C23H28N4O2/c1-26(20-7-4-3-5-8-20)12-11-24-16-19-17-27(2)25-23(19)18-9-10-21-22(15-18)29-14-6-13-28-21/h3-5,7-10,15,17,24H,6,11-14,16H2,1-2H3. The number of ether oxygens (including phenoxy) is 2. The number of para-hydroxylation sites is 1. The van der Waals surface area contributed by atoms with Crippen molar-refractivity contribution in [2.75, 3.05) is 38.3 Å². The molecule has 1 aliphatic heterocycles. The van der Waals surface area contributed by atoms with Gasteiger partial charge < -0.3 is 19.7 Å². The van der Waals surface area contributed by atoms with E-state index in [-0.39, 0.29) is 0 Å². The van der Waals surface area contributed by atoms with Crippen LogP contribution in [0.3, 0.4) is 0 Å². The second-order valence-corrected chi connectivity index (χ2v) is 7.32. The predicted molar refractivity (Wildman–Crippen MR) is 116 cm³/mol. The van der Waals surface area contributed by atoms with E-state index in [1.54, 1.807) is 0 Å². The van der Waals surface area contributed by atoms with E-state index < -0.39 is 0 Å². The zero-order valence-corrected chi connectivity index (χ0v) is 17.1. The molecule has 0 radical (unpaired) electrons. The molecular weight excluding hydrogens is 364 g/mol. The summed E-state index contributed by atoms with van der Waals surface area (Å²) in [5.74, 6) is 1.61. The monoisotopic (exact) mass is 392 g/mol. The Labute approximate surface area is 172 Å². The molecule has 0 spiro atoms. The molecule has 152 valence electrons. The van der Waals surface area contributed by atoms with Gasteiger partial charge in [0.25, 0.3) is 0 Å².